The summed E-state index contributed by atoms with van der Waals surface area (Å²) in [5, 5.41) is 17.5. The van der Waals surface area contributed by atoms with Crippen molar-refractivity contribution in [2.45, 2.75) is 49.7 Å². The maximum Gasteiger partial charge on any atom is 0.416 e. The van der Waals surface area contributed by atoms with Gasteiger partial charge < -0.3 is 10.1 Å². The first-order valence-corrected chi connectivity index (χ1v) is 10.9. The van der Waals surface area contributed by atoms with Crippen LogP contribution in [0.2, 0.25) is 0 Å². The third-order valence-electron chi connectivity index (χ3n) is 6.32. The molecule has 1 aliphatic heterocycles. The highest BCUT2D eigenvalue weighted by atomic mass is 19.4. The minimum atomic E-state index is -4.92. The van der Waals surface area contributed by atoms with Gasteiger partial charge in [-0.05, 0) is 49.1 Å². The molecule has 188 valence electrons. The summed E-state index contributed by atoms with van der Waals surface area (Å²) in [7, 11) is 0. The van der Waals surface area contributed by atoms with E-state index >= 15 is 0 Å². The Morgan fingerprint density at radius 3 is 2.20 bits per heavy atom. The number of tetrazole rings is 1. The van der Waals surface area contributed by atoms with E-state index in [1.807, 2.05) is 30.3 Å². The van der Waals surface area contributed by atoms with Gasteiger partial charge in [0.1, 0.15) is 0 Å². The first kappa shape index (κ1) is 25.1. The molecule has 0 amide bonds. The van der Waals surface area contributed by atoms with Gasteiger partial charge in [0, 0.05) is 12.5 Å². The van der Waals surface area contributed by atoms with Crippen LogP contribution in [0.25, 0.3) is 0 Å². The molecule has 3 atom stereocenters. The highest BCUT2D eigenvalue weighted by Gasteiger charge is 2.40. The number of halogens is 6. The Morgan fingerprint density at radius 2 is 1.69 bits per heavy atom. The number of hydrogen-bond acceptors (Lipinski definition) is 5. The van der Waals surface area contributed by atoms with Gasteiger partial charge in [-0.3, -0.25) is 0 Å². The van der Waals surface area contributed by atoms with E-state index in [1.165, 1.54) is 6.92 Å². The quantitative estimate of drug-likeness (QED) is 0.446. The lowest BCUT2D eigenvalue weighted by atomic mass is 9.79. The topological polar surface area (TPSA) is 75.7 Å². The van der Waals surface area contributed by atoms with Crippen molar-refractivity contribution in [1.82, 2.24) is 25.9 Å². The molecule has 1 saturated heterocycles. The third-order valence-corrected chi connectivity index (χ3v) is 6.32. The molecule has 0 radical (unpaired) electrons. The molecular weight excluding hydrogens is 476 g/mol. The van der Waals surface area contributed by atoms with Gasteiger partial charge in [-0.1, -0.05) is 35.5 Å². The molecule has 0 saturated carbocycles. The molecule has 3 unspecified atom stereocenters. The summed E-state index contributed by atoms with van der Waals surface area (Å²) in [5.74, 6) is 0.568. The molecule has 0 spiro atoms. The molecular formula is C23H23F6N5O. The average Bonchev–Trinajstić information content (AvgIpc) is 3.37. The van der Waals surface area contributed by atoms with E-state index < -0.39 is 35.1 Å². The van der Waals surface area contributed by atoms with Crippen LogP contribution in [0.5, 0.6) is 0 Å². The van der Waals surface area contributed by atoms with Crippen molar-refractivity contribution < 1.29 is 31.1 Å². The Hall–Kier alpha value is -2.99. The van der Waals surface area contributed by atoms with Crippen LogP contribution in [-0.4, -0.2) is 33.8 Å². The fourth-order valence-electron chi connectivity index (χ4n) is 4.28. The van der Waals surface area contributed by atoms with Crippen molar-refractivity contribution in [3.63, 3.8) is 0 Å². The van der Waals surface area contributed by atoms with E-state index in [2.05, 4.69) is 25.9 Å². The van der Waals surface area contributed by atoms with Crippen LogP contribution in [0.15, 0.2) is 48.5 Å². The van der Waals surface area contributed by atoms with E-state index in [-0.39, 0.29) is 24.2 Å². The molecule has 0 aliphatic carbocycles. The monoisotopic (exact) mass is 499 g/mol. The summed E-state index contributed by atoms with van der Waals surface area (Å²) < 4.78 is 85.6. The maximum atomic E-state index is 13.3. The molecule has 12 heteroatoms. The van der Waals surface area contributed by atoms with Gasteiger partial charge in [-0.15, -0.1) is 10.2 Å². The van der Waals surface area contributed by atoms with E-state index in [0.29, 0.717) is 37.3 Å². The summed E-state index contributed by atoms with van der Waals surface area (Å²) in [6, 6.07) is 10.9. The van der Waals surface area contributed by atoms with Crippen LogP contribution >= 0.6 is 0 Å². The Kier molecular flexibility index (Phi) is 6.87. The predicted molar refractivity (Wildman–Crippen MR) is 113 cm³/mol. The second-order valence-corrected chi connectivity index (χ2v) is 8.63. The van der Waals surface area contributed by atoms with Crippen LogP contribution in [-0.2, 0) is 22.6 Å². The fraction of sp³-hybridized carbons (Fsp3) is 0.435. The molecule has 35 heavy (non-hydrogen) atoms. The number of benzene rings is 2. The molecule has 1 fully saturated rings. The minimum absolute atomic E-state index is 0.000761. The van der Waals surface area contributed by atoms with Crippen molar-refractivity contribution in [3.8, 4) is 0 Å². The summed E-state index contributed by atoms with van der Waals surface area (Å²) in [6.07, 6.45) is -9.59. The standard InChI is InChI=1S/C23H23F6N5O/c1-14(16-9-18(22(24,25)26)11-19(10-16)23(27,28)29)35-13-21(17-5-3-2-4-6-17)8-7-15(12-30-21)20-31-33-34-32-20/h2-6,9-11,14-15,30H,7-8,12-13H2,1H3,(H,31,32,33,34). The summed E-state index contributed by atoms with van der Waals surface area (Å²) in [4.78, 5) is 0. The molecule has 3 aromatic rings. The van der Waals surface area contributed by atoms with E-state index in [4.69, 9.17) is 4.74 Å². The molecule has 2 N–H and O–H groups in total. The highest BCUT2D eigenvalue weighted by Crippen LogP contribution is 2.39. The van der Waals surface area contributed by atoms with Gasteiger partial charge in [0.15, 0.2) is 5.82 Å². The summed E-state index contributed by atoms with van der Waals surface area (Å²) >= 11 is 0. The number of alkyl halides is 6. The second-order valence-electron chi connectivity index (χ2n) is 8.63. The largest absolute Gasteiger partial charge is 0.416 e. The number of piperidine rings is 1. The zero-order valence-corrected chi connectivity index (χ0v) is 18.6. The lowest BCUT2D eigenvalue weighted by Gasteiger charge is -2.41. The van der Waals surface area contributed by atoms with Crippen molar-refractivity contribution in [2.24, 2.45) is 0 Å². The van der Waals surface area contributed by atoms with Crippen molar-refractivity contribution in [1.29, 1.82) is 0 Å². The molecule has 6 nitrogen and oxygen atoms in total. The van der Waals surface area contributed by atoms with Crippen LogP contribution < -0.4 is 5.32 Å². The SMILES string of the molecule is CC(OCC1(c2ccccc2)CCC(c2nn[nH]n2)CN1)c1cc(C(F)(F)F)cc(C(F)(F)F)c1. The Morgan fingerprint density at radius 1 is 1.03 bits per heavy atom. The van der Waals surface area contributed by atoms with Crippen molar-refractivity contribution in [3.05, 3.63) is 76.6 Å². The lowest BCUT2D eigenvalue weighted by Crippen LogP contribution is -2.51. The van der Waals surface area contributed by atoms with Gasteiger partial charge in [0.2, 0.25) is 0 Å². The van der Waals surface area contributed by atoms with Gasteiger partial charge in [-0.25, -0.2) is 0 Å². The molecule has 2 aromatic carbocycles. The number of hydrogen-bond donors (Lipinski definition) is 2. The van der Waals surface area contributed by atoms with Gasteiger partial charge in [-0.2, -0.15) is 31.6 Å². The molecule has 2 heterocycles. The number of aromatic nitrogens is 4. The highest BCUT2D eigenvalue weighted by molar-refractivity contribution is 5.35. The number of nitrogens with one attached hydrogen (secondary N) is 2. The van der Waals surface area contributed by atoms with Crippen LogP contribution in [0, 0.1) is 0 Å². The Bertz CT molecular complexity index is 1080. The normalized spacial score (nSPS) is 22.2. The number of H-pyrrole nitrogens is 1. The van der Waals surface area contributed by atoms with Gasteiger partial charge in [0.25, 0.3) is 0 Å². The van der Waals surface area contributed by atoms with Crippen LogP contribution in [0.1, 0.15) is 59.9 Å². The van der Waals surface area contributed by atoms with E-state index in [0.717, 1.165) is 5.56 Å². The van der Waals surface area contributed by atoms with Crippen LogP contribution in [0.3, 0.4) is 0 Å². The predicted octanol–water partition coefficient (Wildman–Crippen LogP) is 5.38. The Balaban J connectivity index is 1.57. The van der Waals surface area contributed by atoms with Gasteiger partial charge >= 0.3 is 12.4 Å². The first-order chi connectivity index (χ1) is 16.5. The maximum absolute atomic E-state index is 13.3. The smallest absolute Gasteiger partial charge is 0.372 e. The summed E-state index contributed by atoms with van der Waals surface area (Å²) in [5.41, 5.74) is -2.72. The summed E-state index contributed by atoms with van der Waals surface area (Å²) in [6.45, 7) is 1.97. The second kappa shape index (κ2) is 9.57. The zero-order valence-electron chi connectivity index (χ0n) is 18.6. The number of ether oxygens (including phenoxy) is 1. The van der Waals surface area contributed by atoms with E-state index in [1.54, 1.807) is 0 Å². The van der Waals surface area contributed by atoms with E-state index in [9.17, 15) is 26.3 Å². The molecule has 1 aliphatic rings. The molecule has 1 aromatic heterocycles. The fourth-order valence-corrected chi connectivity index (χ4v) is 4.28. The molecule has 4 rings (SSSR count). The first-order valence-electron chi connectivity index (χ1n) is 10.9. The number of nitrogens with zero attached hydrogens (tertiary/aromatic N) is 3. The number of rotatable bonds is 6. The zero-order chi connectivity index (χ0) is 25.3. The third kappa shape index (κ3) is 5.64. The Labute approximate surface area is 197 Å². The van der Waals surface area contributed by atoms with Crippen LogP contribution in [0.4, 0.5) is 26.3 Å². The van der Waals surface area contributed by atoms with Crippen molar-refractivity contribution in [2.75, 3.05) is 13.2 Å². The van der Waals surface area contributed by atoms with Gasteiger partial charge in [0.05, 0.1) is 29.4 Å². The molecule has 0 bridgehead atoms. The van der Waals surface area contributed by atoms with Crippen molar-refractivity contribution >= 4 is 0 Å². The average molecular weight is 499 g/mol. The minimum Gasteiger partial charge on any atom is -0.372 e. The lowest BCUT2D eigenvalue weighted by molar-refractivity contribution is -0.143. The number of aromatic amines is 1.